The largest absolute Gasteiger partial charge is 0.497 e. The summed E-state index contributed by atoms with van der Waals surface area (Å²) >= 11 is 0. The molecule has 1 fully saturated rings. The van der Waals surface area contributed by atoms with E-state index in [2.05, 4.69) is 0 Å². The van der Waals surface area contributed by atoms with Crippen molar-refractivity contribution >= 4 is 11.9 Å². The number of aliphatic carboxylic acids is 1. The van der Waals surface area contributed by atoms with Crippen LogP contribution in [0.4, 0.5) is 0 Å². The molecule has 1 aromatic rings. The number of carboxylic acids is 1. The number of amides is 1. The molecule has 1 atom stereocenters. The summed E-state index contributed by atoms with van der Waals surface area (Å²) < 4.78 is 5.05. The molecule has 0 bridgehead atoms. The third-order valence-electron chi connectivity index (χ3n) is 3.37. The van der Waals surface area contributed by atoms with Crippen LogP contribution >= 0.6 is 0 Å². The van der Waals surface area contributed by atoms with E-state index >= 15 is 0 Å². The quantitative estimate of drug-likeness (QED) is 0.896. The standard InChI is InChI=1S/C14H17NO4/c1-19-12-4-2-11(3-5-12)14(18)15-7-6-10(9-15)8-13(16)17/h2-5,10H,6-9H2,1H3,(H,16,17). The Hall–Kier alpha value is -2.04. The molecule has 19 heavy (non-hydrogen) atoms. The molecule has 0 aromatic heterocycles. The number of methoxy groups -OCH3 is 1. The van der Waals surface area contributed by atoms with E-state index in [1.165, 1.54) is 0 Å². The van der Waals surface area contributed by atoms with E-state index in [0.29, 0.717) is 24.4 Å². The number of carbonyl (C=O) groups excluding carboxylic acids is 1. The lowest BCUT2D eigenvalue weighted by atomic mass is 10.1. The second-order valence-corrected chi connectivity index (χ2v) is 4.73. The summed E-state index contributed by atoms with van der Waals surface area (Å²) in [4.78, 5) is 24.6. The van der Waals surface area contributed by atoms with Gasteiger partial charge in [-0.3, -0.25) is 9.59 Å². The Morgan fingerprint density at radius 1 is 1.37 bits per heavy atom. The summed E-state index contributed by atoms with van der Waals surface area (Å²) in [7, 11) is 1.58. The molecule has 1 heterocycles. The zero-order valence-electron chi connectivity index (χ0n) is 10.8. The molecule has 1 aliphatic rings. The molecule has 1 N–H and O–H groups in total. The summed E-state index contributed by atoms with van der Waals surface area (Å²) in [6.45, 7) is 1.15. The van der Waals surface area contributed by atoms with Crippen molar-refractivity contribution < 1.29 is 19.4 Å². The van der Waals surface area contributed by atoms with Crippen LogP contribution in [0.1, 0.15) is 23.2 Å². The summed E-state index contributed by atoms with van der Waals surface area (Å²) in [6.07, 6.45) is 0.889. The third kappa shape index (κ3) is 3.24. The fourth-order valence-corrected chi connectivity index (χ4v) is 2.35. The molecule has 1 aliphatic heterocycles. The van der Waals surface area contributed by atoms with Crippen molar-refractivity contribution in [3.8, 4) is 5.75 Å². The first-order chi connectivity index (χ1) is 9.10. The van der Waals surface area contributed by atoms with Crippen molar-refractivity contribution in [1.82, 2.24) is 4.90 Å². The van der Waals surface area contributed by atoms with Crippen LogP contribution in [0, 0.1) is 5.92 Å². The molecular formula is C14H17NO4. The van der Waals surface area contributed by atoms with Crippen molar-refractivity contribution in [2.45, 2.75) is 12.8 Å². The normalized spacial score (nSPS) is 18.4. The van der Waals surface area contributed by atoms with E-state index in [-0.39, 0.29) is 18.2 Å². The highest BCUT2D eigenvalue weighted by atomic mass is 16.5. The number of likely N-dealkylation sites (tertiary alicyclic amines) is 1. The molecule has 0 radical (unpaired) electrons. The van der Waals surface area contributed by atoms with Gasteiger partial charge in [-0.05, 0) is 36.6 Å². The molecule has 2 rings (SSSR count). The fraction of sp³-hybridized carbons (Fsp3) is 0.429. The van der Waals surface area contributed by atoms with Crippen LogP contribution in [0.3, 0.4) is 0 Å². The lowest BCUT2D eigenvalue weighted by Crippen LogP contribution is -2.28. The van der Waals surface area contributed by atoms with E-state index in [0.717, 1.165) is 6.42 Å². The summed E-state index contributed by atoms with van der Waals surface area (Å²) in [5.41, 5.74) is 0.608. The van der Waals surface area contributed by atoms with Crippen molar-refractivity contribution in [2.24, 2.45) is 5.92 Å². The zero-order chi connectivity index (χ0) is 13.8. The predicted molar refractivity (Wildman–Crippen MR) is 69.3 cm³/mol. The van der Waals surface area contributed by atoms with Crippen LogP contribution < -0.4 is 4.74 Å². The Kier molecular flexibility index (Phi) is 4.04. The van der Waals surface area contributed by atoms with Crippen molar-refractivity contribution in [3.63, 3.8) is 0 Å². The number of carbonyl (C=O) groups is 2. The first-order valence-electron chi connectivity index (χ1n) is 6.25. The molecule has 0 saturated carbocycles. The second-order valence-electron chi connectivity index (χ2n) is 4.73. The van der Waals surface area contributed by atoms with E-state index in [9.17, 15) is 9.59 Å². The number of hydrogen-bond acceptors (Lipinski definition) is 3. The molecule has 1 saturated heterocycles. The molecule has 1 amide bonds. The van der Waals surface area contributed by atoms with Gasteiger partial charge in [0.05, 0.1) is 7.11 Å². The Morgan fingerprint density at radius 2 is 2.05 bits per heavy atom. The predicted octanol–water partition coefficient (Wildman–Crippen LogP) is 1.63. The van der Waals surface area contributed by atoms with Gasteiger partial charge in [0, 0.05) is 25.1 Å². The van der Waals surface area contributed by atoms with Crippen LogP contribution in [-0.4, -0.2) is 42.1 Å². The maximum atomic E-state index is 12.2. The topological polar surface area (TPSA) is 66.8 Å². The maximum absolute atomic E-state index is 12.2. The van der Waals surface area contributed by atoms with Crippen molar-refractivity contribution in [1.29, 1.82) is 0 Å². The third-order valence-corrected chi connectivity index (χ3v) is 3.37. The summed E-state index contributed by atoms with van der Waals surface area (Å²) in [5, 5.41) is 8.76. The van der Waals surface area contributed by atoms with Gasteiger partial charge in [-0.25, -0.2) is 0 Å². The molecule has 5 heteroatoms. The SMILES string of the molecule is COc1ccc(C(=O)N2CCC(CC(=O)O)C2)cc1. The Morgan fingerprint density at radius 3 is 2.63 bits per heavy atom. The Balaban J connectivity index is 1.98. The first kappa shape index (κ1) is 13.4. The van der Waals surface area contributed by atoms with Gasteiger partial charge in [0.1, 0.15) is 5.75 Å². The highest BCUT2D eigenvalue weighted by molar-refractivity contribution is 5.94. The monoisotopic (exact) mass is 263 g/mol. The molecular weight excluding hydrogens is 246 g/mol. The highest BCUT2D eigenvalue weighted by Gasteiger charge is 2.28. The van der Waals surface area contributed by atoms with E-state index < -0.39 is 5.97 Å². The van der Waals surface area contributed by atoms with Gasteiger partial charge in [-0.2, -0.15) is 0 Å². The lowest BCUT2D eigenvalue weighted by Gasteiger charge is -2.16. The zero-order valence-corrected chi connectivity index (χ0v) is 10.8. The fourth-order valence-electron chi connectivity index (χ4n) is 2.35. The number of benzene rings is 1. The van der Waals surface area contributed by atoms with E-state index in [4.69, 9.17) is 9.84 Å². The minimum atomic E-state index is -0.802. The average Bonchev–Trinajstić information content (AvgIpc) is 2.85. The van der Waals surface area contributed by atoms with E-state index in [1.807, 2.05) is 0 Å². The molecule has 1 aromatic carbocycles. The van der Waals surface area contributed by atoms with E-state index in [1.54, 1.807) is 36.3 Å². The first-order valence-corrected chi connectivity index (χ1v) is 6.25. The molecule has 0 spiro atoms. The number of carboxylic acid groups (broad SMARTS) is 1. The average molecular weight is 263 g/mol. The Labute approximate surface area is 111 Å². The minimum absolute atomic E-state index is 0.0458. The van der Waals surface area contributed by atoms with Gasteiger partial charge in [0.15, 0.2) is 0 Å². The molecule has 5 nitrogen and oxygen atoms in total. The van der Waals surface area contributed by atoms with Crippen LogP contribution in [0.25, 0.3) is 0 Å². The van der Waals surface area contributed by atoms with Crippen LogP contribution in [-0.2, 0) is 4.79 Å². The van der Waals surface area contributed by atoms with Crippen molar-refractivity contribution in [2.75, 3.05) is 20.2 Å². The van der Waals surface area contributed by atoms with Gasteiger partial charge >= 0.3 is 5.97 Å². The van der Waals surface area contributed by atoms with Crippen LogP contribution in [0.2, 0.25) is 0 Å². The van der Waals surface area contributed by atoms with Gasteiger partial charge in [0.25, 0.3) is 5.91 Å². The number of rotatable bonds is 4. The molecule has 102 valence electrons. The van der Waals surface area contributed by atoms with Crippen LogP contribution in [0.5, 0.6) is 5.75 Å². The van der Waals surface area contributed by atoms with Gasteiger partial charge in [-0.1, -0.05) is 0 Å². The molecule has 1 unspecified atom stereocenters. The number of nitrogens with zero attached hydrogens (tertiary/aromatic N) is 1. The molecule has 0 aliphatic carbocycles. The highest BCUT2D eigenvalue weighted by Crippen LogP contribution is 2.22. The van der Waals surface area contributed by atoms with Gasteiger partial charge in [-0.15, -0.1) is 0 Å². The second kappa shape index (κ2) is 5.73. The minimum Gasteiger partial charge on any atom is -0.497 e. The Bertz CT molecular complexity index is 469. The summed E-state index contributed by atoms with van der Waals surface area (Å²) in [5.74, 6) is -0.0688. The van der Waals surface area contributed by atoms with Crippen molar-refractivity contribution in [3.05, 3.63) is 29.8 Å². The maximum Gasteiger partial charge on any atom is 0.303 e. The summed E-state index contributed by atoms with van der Waals surface area (Å²) in [6, 6.07) is 6.95. The number of ether oxygens (including phenoxy) is 1. The van der Waals surface area contributed by atoms with Gasteiger partial charge in [0.2, 0.25) is 0 Å². The lowest BCUT2D eigenvalue weighted by molar-refractivity contribution is -0.138. The number of hydrogen-bond donors (Lipinski definition) is 1. The smallest absolute Gasteiger partial charge is 0.303 e. The van der Waals surface area contributed by atoms with Gasteiger partial charge < -0.3 is 14.7 Å². The van der Waals surface area contributed by atoms with Crippen LogP contribution in [0.15, 0.2) is 24.3 Å².